The summed E-state index contributed by atoms with van der Waals surface area (Å²) in [6.45, 7) is 7.60. The van der Waals surface area contributed by atoms with Crippen molar-refractivity contribution < 1.29 is 4.79 Å². The van der Waals surface area contributed by atoms with E-state index in [1.54, 1.807) is 29.3 Å². The topological polar surface area (TPSA) is 66.9 Å². The highest BCUT2D eigenvalue weighted by Gasteiger charge is 2.53. The van der Waals surface area contributed by atoms with Gasteiger partial charge in [-0.2, -0.15) is 0 Å². The molecule has 0 unspecified atom stereocenters. The zero-order chi connectivity index (χ0) is 23.0. The summed E-state index contributed by atoms with van der Waals surface area (Å²) in [6.07, 6.45) is 7.50. The summed E-state index contributed by atoms with van der Waals surface area (Å²) in [4.78, 5) is 22.8. The first-order valence-corrected chi connectivity index (χ1v) is 13.2. The van der Waals surface area contributed by atoms with Gasteiger partial charge >= 0.3 is 0 Å². The van der Waals surface area contributed by atoms with Gasteiger partial charge in [0.25, 0.3) is 5.91 Å². The molecule has 3 saturated carbocycles. The van der Waals surface area contributed by atoms with E-state index in [1.165, 1.54) is 19.3 Å². The largest absolute Gasteiger partial charge is 0.352 e. The summed E-state index contributed by atoms with van der Waals surface area (Å²) in [5.74, 6) is 3.05. The van der Waals surface area contributed by atoms with E-state index in [9.17, 15) is 4.79 Å². The Balaban J connectivity index is 1.21. The second-order valence-electron chi connectivity index (χ2n) is 9.81. The van der Waals surface area contributed by atoms with Crippen molar-refractivity contribution in [3.63, 3.8) is 0 Å². The lowest BCUT2D eigenvalue weighted by molar-refractivity contribution is -0.103. The molecular formula is C26H30N4OS2. The molecule has 1 amide bonds. The fourth-order valence-electron chi connectivity index (χ4n) is 5.46. The van der Waals surface area contributed by atoms with Crippen LogP contribution in [0.15, 0.2) is 57.9 Å². The number of nitrogens with one attached hydrogen (secondary N) is 2. The van der Waals surface area contributed by atoms with Gasteiger partial charge < -0.3 is 10.6 Å². The van der Waals surface area contributed by atoms with Crippen LogP contribution >= 0.6 is 23.1 Å². The van der Waals surface area contributed by atoms with E-state index >= 15 is 0 Å². The second-order valence-corrected chi connectivity index (χ2v) is 12.2. The van der Waals surface area contributed by atoms with E-state index < -0.39 is 0 Å². The summed E-state index contributed by atoms with van der Waals surface area (Å²) in [5.41, 5.74) is 2.21. The summed E-state index contributed by atoms with van der Waals surface area (Å²) in [7, 11) is 0. The van der Waals surface area contributed by atoms with Crippen molar-refractivity contribution in [1.82, 2.24) is 15.3 Å². The maximum absolute atomic E-state index is 13.1. The third-order valence-corrected chi connectivity index (χ3v) is 9.59. The van der Waals surface area contributed by atoms with Crippen LogP contribution in [-0.2, 0) is 0 Å². The molecule has 0 radical (unpaired) electrons. The lowest BCUT2D eigenvalue weighted by atomic mass is 9.45. The van der Waals surface area contributed by atoms with Gasteiger partial charge in [0.05, 0.1) is 10.4 Å². The molecule has 3 atom stereocenters. The fraction of sp³-hybridized carbons (Fsp3) is 0.423. The Kier molecular flexibility index (Phi) is 6.18. The number of carbonyl (C=O) groups is 1. The molecule has 3 aromatic rings. The normalized spacial score (nSPS) is 22.9. The van der Waals surface area contributed by atoms with Crippen LogP contribution in [0.4, 0.5) is 10.9 Å². The highest BCUT2D eigenvalue weighted by atomic mass is 32.2. The van der Waals surface area contributed by atoms with Gasteiger partial charge in [0.15, 0.2) is 5.13 Å². The first kappa shape index (κ1) is 22.4. The summed E-state index contributed by atoms with van der Waals surface area (Å²) in [5, 5.41) is 7.28. The highest BCUT2D eigenvalue weighted by molar-refractivity contribution is 8.01. The third-order valence-electron chi connectivity index (χ3n) is 7.58. The van der Waals surface area contributed by atoms with Gasteiger partial charge in [-0.15, -0.1) is 0 Å². The SMILES string of the molecule is Cc1ccc(Sc2cnc(Nc3ccccn3)s2)cc1C(=O)NC[C@@H]1CC[C@H]2C[C@@H]1C2(C)C. The molecule has 1 aromatic carbocycles. The number of rotatable bonds is 7. The number of fused-ring (bicyclic) bond motifs is 2. The Hall–Kier alpha value is -2.38. The van der Waals surface area contributed by atoms with Gasteiger partial charge in [0.1, 0.15) is 5.82 Å². The molecular weight excluding hydrogens is 448 g/mol. The molecule has 2 aromatic heterocycles. The Bertz CT molecular complexity index is 1140. The molecule has 7 heteroatoms. The number of aromatic nitrogens is 2. The lowest BCUT2D eigenvalue weighted by Crippen LogP contribution is -2.54. The van der Waals surface area contributed by atoms with Crippen molar-refractivity contribution >= 4 is 40.0 Å². The minimum atomic E-state index is 0.0380. The number of hydrogen-bond donors (Lipinski definition) is 2. The number of pyridine rings is 1. The van der Waals surface area contributed by atoms with E-state index in [0.29, 0.717) is 11.3 Å². The molecule has 5 nitrogen and oxygen atoms in total. The molecule has 2 heterocycles. The van der Waals surface area contributed by atoms with E-state index in [0.717, 1.165) is 49.6 Å². The van der Waals surface area contributed by atoms with E-state index in [1.807, 2.05) is 43.5 Å². The molecule has 3 aliphatic rings. The average Bonchev–Trinajstić information content (AvgIpc) is 3.26. The molecule has 2 bridgehead atoms. The minimum Gasteiger partial charge on any atom is -0.352 e. The van der Waals surface area contributed by atoms with Gasteiger partial charge in [0.2, 0.25) is 0 Å². The lowest BCUT2D eigenvalue weighted by Gasteiger charge is -2.60. The van der Waals surface area contributed by atoms with Crippen molar-refractivity contribution in [2.45, 2.75) is 49.1 Å². The maximum Gasteiger partial charge on any atom is 0.251 e. The number of nitrogens with zero attached hydrogens (tertiary/aromatic N) is 2. The molecule has 3 aliphatic carbocycles. The average molecular weight is 479 g/mol. The van der Waals surface area contributed by atoms with Gasteiger partial charge in [-0.1, -0.05) is 49.1 Å². The predicted molar refractivity (Wildman–Crippen MR) is 135 cm³/mol. The first-order chi connectivity index (χ1) is 15.9. The molecule has 2 N–H and O–H groups in total. The maximum atomic E-state index is 13.1. The van der Waals surface area contributed by atoms with Crippen molar-refractivity contribution in [1.29, 1.82) is 0 Å². The van der Waals surface area contributed by atoms with E-state index in [2.05, 4.69) is 40.5 Å². The quantitative estimate of drug-likeness (QED) is 0.403. The Labute approximate surface area is 203 Å². The number of amides is 1. The highest BCUT2D eigenvalue weighted by Crippen LogP contribution is 2.61. The molecule has 0 saturated heterocycles. The molecule has 172 valence electrons. The number of carbonyl (C=O) groups excluding carboxylic acids is 1. The van der Waals surface area contributed by atoms with Crippen molar-refractivity contribution in [3.8, 4) is 0 Å². The van der Waals surface area contributed by atoms with Crippen LogP contribution in [0.2, 0.25) is 0 Å². The summed E-state index contributed by atoms with van der Waals surface area (Å²) in [6, 6.07) is 11.8. The van der Waals surface area contributed by atoms with Gasteiger partial charge in [-0.05, 0) is 79.2 Å². The van der Waals surface area contributed by atoms with Crippen LogP contribution in [0.3, 0.4) is 0 Å². The van der Waals surface area contributed by atoms with Crippen LogP contribution < -0.4 is 10.6 Å². The van der Waals surface area contributed by atoms with Crippen LogP contribution in [0.25, 0.3) is 0 Å². The minimum absolute atomic E-state index is 0.0380. The van der Waals surface area contributed by atoms with Crippen molar-refractivity contribution in [2.75, 3.05) is 11.9 Å². The predicted octanol–water partition coefficient (Wildman–Crippen LogP) is 6.54. The first-order valence-electron chi connectivity index (χ1n) is 11.6. The molecule has 6 rings (SSSR count). The van der Waals surface area contributed by atoms with Crippen molar-refractivity contribution in [2.24, 2.45) is 23.2 Å². The van der Waals surface area contributed by atoms with Gasteiger partial charge in [-0.3, -0.25) is 4.79 Å². The number of benzene rings is 1. The number of aryl methyl sites for hydroxylation is 1. The molecule has 33 heavy (non-hydrogen) atoms. The number of hydrogen-bond acceptors (Lipinski definition) is 6. The Morgan fingerprint density at radius 1 is 1.21 bits per heavy atom. The van der Waals surface area contributed by atoms with Crippen LogP contribution in [0, 0.1) is 30.1 Å². The number of anilines is 2. The second kappa shape index (κ2) is 9.11. The fourth-order valence-corrected chi connectivity index (χ4v) is 7.36. The van der Waals surface area contributed by atoms with Gasteiger partial charge in [-0.25, -0.2) is 9.97 Å². The smallest absolute Gasteiger partial charge is 0.251 e. The Morgan fingerprint density at radius 2 is 2.09 bits per heavy atom. The third kappa shape index (κ3) is 4.66. The zero-order valence-electron chi connectivity index (χ0n) is 19.3. The molecule has 3 fully saturated rings. The monoisotopic (exact) mass is 478 g/mol. The molecule has 0 aliphatic heterocycles. The van der Waals surface area contributed by atoms with Crippen LogP contribution in [0.5, 0.6) is 0 Å². The molecule has 0 spiro atoms. The Morgan fingerprint density at radius 3 is 2.85 bits per heavy atom. The van der Waals surface area contributed by atoms with Crippen LogP contribution in [-0.4, -0.2) is 22.4 Å². The summed E-state index contributed by atoms with van der Waals surface area (Å²) >= 11 is 3.20. The standard InChI is InChI=1S/C26H30N4OS2/c1-16-7-10-19(32-23-15-29-25(33-23)30-22-6-4-5-11-27-22)13-20(16)24(31)28-14-17-8-9-18-12-21(17)26(18,2)3/h4-7,10-11,13,15,17-18,21H,8-9,12,14H2,1-3H3,(H,28,31)(H,27,29,30)/t17-,18-,21-/m0/s1. The number of thiazole rings is 1. The summed E-state index contributed by atoms with van der Waals surface area (Å²) < 4.78 is 1.06. The van der Waals surface area contributed by atoms with Crippen molar-refractivity contribution in [3.05, 3.63) is 59.9 Å². The van der Waals surface area contributed by atoms with Gasteiger partial charge in [0, 0.05) is 23.2 Å². The van der Waals surface area contributed by atoms with E-state index in [4.69, 9.17) is 0 Å². The zero-order valence-corrected chi connectivity index (χ0v) is 20.9. The van der Waals surface area contributed by atoms with E-state index in [-0.39, 0.29) is 5.91 Å². The van der Waals surface area contributed by atoms with Crippen LogP contribution in [0.1, 0.15) is 49.0 Å².